The van der Waals surface area contributed by atoms with Gasteiger partial charge in [-0.2, -0.15) is 8.78 Å². The highest BCUT2D eigenvalue weighted by Crippen LogP contribution is 2.43. The van der Waals surface area contributed by atoms with Crippen LogP contribution in [0.4, 0.5) is 8.78 Å². The van der Waals surface area contributed by atoms with Crippen molar-refractivity contribution in [3.8, 4) is 11.5 Å². The first-order valence-electron chi connectivity index (χ1n) is 5.94. The molecule has 0 saturated carbocycles. The molecule has 0 aliphatic heterocycles. The van der Waals surface area contributed by atoms with Gasteiger partial charge in [0.15, 0.2) is 17.6 Å². The van der Waals surface area contributed by atoms with Gasteiger partial charge < -0.3 is 19.3 Å². The van der Waals surface area contributed by atoms with Gasteiger partial charge in [-0.3, -0.25) is 0 Å². The second-order valence-electron chi connectivity index (χ2n) is 3.95. The highest BCUT2D eigenvalue weighted by Gasteiger charge is 2.50. The van der Waals surface area contributed by atoms with Crippen LogP contribution in [0.3, 0.4) is 0 Å². The predicted molar refractivity (Wildman–Crippen MR) is 71.1 cm³/mol. The first-order valence-corrected chi connectivity index (χ1v) is 6.32. The normalized spacial score (nSPS) is 12.7. The molecule has 0 bridgehead atoms. The molecule has 0 spiro atoms. The second kappa shape index (κ2) is 6.91. The van der Waals surface area contributed by atoms with E-state index in [0.717, 1.165) is 6.07 Å². The summed E-state index contributed by atoms with van der Waals surface area (Å²) in [5.74, 6) is -5.78. The van der Waals surface area contributed by atoms with Crippen LogP contribution in [0.2, 0.25) is 5.02 Å². The zero-order valence-corrected chi connectivity index (χ0v) is 12.4. The molecule has 0 heterocycles. The van der Waals surface area contributed by atoms with Crippen molar-refractivity contribution in [3.63, 3.8) is 0 Å². The van der Waals surface area contributed by atoms with Crippen LogP contribution in [0.1, 0.15) is 18.6 Å². The average Bonchev–Trinajstić information content (AvgIpc) is 2.46. The van der Waals surface area contributed by atoms with E-state index < -0.39 is 18.0 Å². The van der Waals surface area contributed by atoms with E-state index in [-0.39, 0.29) is 28.7 Å². The Balaban J connectivity index is 3.24. The van der Waals surface area contributed by atoms with Crippen LogP contribution in [0.25, 0.3) is 0 Å². The van der Waals surface area contributed by atoms with Crippen LogP contribution < -0.4 is 9.47 Å². The van der Waals surface area contributed by atoms with Crippen molar-refractivity contribution in [1.82, 2.24) is 0 Å². The number of hydrogen-bond donors (Lipinski definition) is 1. The van der Waals surface area contributed by atoms with E-state index in [9.17, 15) is 18.7 Å². The third-order valence-corrected chi connectivity index (χ3v) is 3.09. The minimum Gasteiger partial charge on any atom is -0.493 e. The van der Waals surface area contributed by atoms with E-state index in [1.165, 1.54) is 27.2 Å². The van der Waals surface area contributed by atoms with Gasteiger partial charge in [-0.15, -0.1) is 0 Å². The summed E-state index contributed by atoms with van der Waals surface area (Å²) >= 11 is 5.93. The van der Waals surface area contributed by atoms with Crippen molar-refractivity contribution in [1.29, 1.82) is 0 Å². The number of ether oxygens (including phenoxy) is 3. The zero-order chi connectivity index (χ0) is 16.2. The fourth-order valence-corrected chi connectivity index (χ4v) is 1.99. The van der Waals surface area contributed by atoms with E-state index in [0.29, 0.717) is 0 Å². The standard InChI is InChI=1S/C13H15ClF2O5/c1-4-21-12(18)13(15,16)11(17)7-5-6-8(19-2)10(20-3)9(7)14/h5-6,11,17H,4H2,1-3H3. The minimum absolute atomic E-state index is 0.0182. The van der Waals surface area contributed by atoms with Crippen molar-refractivity contribution in [2.24, 2.45) is 0 Å². The molecular weight excluding hydrogens is 310 g/mol. The number of carbonyl (C=O) groups is 1. The number of hydrogen-bond acceptors (Lipinski definition) is 5. The summed E-state index contributed by atoms with van der Waals surface area (Å²) in [5, 5.41) is 9.51. The molecule has 5 nitrogen and oxygen atoms in total. The lowest BCUT2D eigenvalue weighted by molar-refractivity contribution is -0.189. The Morgan fingerprint density at radius 1 is 1.38 bits per heavy atom. The van der Waals surface area contributed by atoms with E-state index in [2.05, 4.69) is 4.74 Å². The molecule has 0 aliphatic rings. The number of halogens is 3. The van der Waals surface area contributed by atoms with Gasteiger partial charge in [0.05, 0.1) is 25.8 Å². The van der Waals surface area contributed by atoms with Crippen LogP contribution in [-0.2, 0) is 9.53 Å². The molecule has 1 N–H and O–H groups in total. The van der Waals surface area contributed by atoms with Crippen molar-refractivity contribution >= 4 is 17.6 Å². The molecule has 1 atom stereocenters. The molecule has 0 radical (unpaired) electrons. The van der Waals surface area contributed by atoms with Crippen LogP contribution in [0, 0.1) is 0 Å². The summed E-state index contributed by atoms with van der Waals surface area (Å²) in [6, 6.07) is 2.42. The molecule has 0 amide bonds. The second-order valence-corrected chi connectivity index (χ2v) is 4.33. The molecule has 1 aromatic carbocycles. The molecule has 0 saturated heterocycles. The summed E-state index contributed by atoms with van der Waals surface area (Å²) < 4.78 is 41.8. The van der Waals surface area contributed by atoms with E-state index >= 15 is 0 Å². The number of aliphatic hydroxyl groups excluding tert-OH is 1. The molecule has 0 aromatic heterocycles. The highest BCUT2D eigenvalue weighted by molar-refractivity contribution is 6.33. The van der Waals surface area contributed by atoms with Crippen LogP contribution >= 0.6 is 11.6 Å². The first kappa shape index (κ1) is 17.5. The molecule has 118 valence electrons. The topological polar surface area (TPSA) is 65.0 Å². The number of alkyl halides is 2. The van der Waals surface area contributed by atoms with Crippen molar-refractivity contribution in [2.75, 3.05) is 20.8 Å². The third-order valence-electron chi connectivity index (χ3n) is 2.70. The van der Waals surface area contributed by atoms with Gasteiger partial charge in [-0.05, 0) is 13.0 Å². The van der Waals surface area contributed by atoms with E-state index in [1.807, 2.05) is 0 Å². The lowest BCUT2D eigenvalue weighted by Crippen LogP contribution is -2.37. The Kier molecular flexibility index (Phi) is 5.74. The number of esters is 1. The summed E-state index contributed by atoms with van der Waals surface area (Å²) in [6.45, 7) is 1.14. The fourth-order valence-electron chi connectivity index (χ4n) is 1.65. The zero-order valence-electron chi connectivity index (χ0n) is 11.7. The molecule has 0 aliphatic carbocycles. The lowest BCUT2D eigenvalue weighted by Gasteiger charge is -2.22. The van der Waals surface area contributed by atoms with E-state index in [1.54, 1.807) is 0 Å². The molecule has 1 unspecified atom stereocenters. The molecule has 0 fully saturated rings. The highest BCUT2D eigenvalue weighted by atomic mass is 35.5. The molecule has 1 rings (SSSR count). The smallest absolute Gasteiger partial charge is 0.380 e. The summed E-state index contributed by atoms with van der Waals surface area (Å²) in [4.78, 5) is 11.2. The summed E-state index contributed by atoms with van der Waals surface area (Å²) in [5.41, 5.74) is -0.368. The minimum atomic E-state index is -4.14. The average molecular weight is 325 g/mol. The van der Waals surface area contributed by atoms with Gasteiger partial charge in [0.2, 0.25) is 0 Å². The van der Waals surface area contributed by atoms with Crippen molar-refractivity contribution in [2.45, 2.75) is 19.0 Å². The maximum Gasteiger partial charge on any atom is 0.380 e. The van der Waals surface area contributed by atoms with Crippen molar-refractivity contribution in [3.05, 3.63) is 22.7 Å². The van der Waals surface area contributed by atoms with E-state index in [4.69, 9.17) is 21.1 Å². The Bertz CT molecular complexity index is 522. The van der Waals surface area contributed by atoms with Crippen molar-refractivity contribution < 1.29 is 32.9 Å². The van der Waals surface area contributed by atoms with Gasteiger partial charge >= 0.3 is 11.9 Å². The van der Waals surface area contributed by atoms with Gasteiger partial charge in [-0.1, -0.05) is 17.7 Å². The number of methoxy groups -OCH3 is 2. The van der Waals surface area contributed by atoms with Gasteiger partial charge in [0, 0.05) is 5.56 Å². The number of aliphatic hydroxyl groups is 1. The lowest BCUT2D eigenvalue weighted by atomic mass is 10.0. The Morgan fingerprint density at radius 2 is 2.00 bits per heavy atom. The van der Waals surface area contributed by atoms with Crippen LogP contribution in [-0.4, -0.2) is 37.8 Å². The van der Waals surface area contributed by atoms with Gasteiger partial charge in [0.1, 0.15) is 0 Å². The molecular formula is C13H15ClF2O5. The molecule has 21 heavy (non-hydrogen) atoms. The van der Waals surface area contributed by atoms with Gasteiger partial charge in [0.25, 0.3) is 0 Å². The SMILES string of the molecule is CCOC(=O)C(F)(F)C(O)c1ccc(OC)c(OC)c1Cl. The fraction of sp³-hybridized carbons (Fsp3) is 0.462. The van der Waals surface area contributed by atoms with Gasteiger partial charge in [-0.25, -0.2) is 4.79 Å². The largest absolute Gasteiger partial charge is 0.493 e. The Hall–Kier alpha value is -1.60. The number of benzene rings is 1. The number of rotatable bonds is 6. The summed E-state index contributed by atoms with van der Waals surface area (Å²) in [7, 11) is 2.61. The molecule has 1 aromatic rings. The Morgan fingerprint density at radius 3 is 2.48 bits per heavy atom. The van der Waals surface area contributed by atoms with Crippen LogP contribution in [0.15, 0.2) is 12.1 Å². The monoisotopic (exact) mass is 324 g/mol. The quantitative estimate of drug-likeness (QED) is 0.815. The summed E-state index contributed by atoms with van der Waals surface area (Å²) in [6.07, 6.45) is -2.47. The third kappa shape index (κ3) is 3.36. The first-order chi connectivity index (χ1) is 9.81. The van der Waals surface area contributed by atoms with Crippen LogP contribution in [0.5, 0.6) is 11.5 Å². The predicted octanol–water partition coefficient (Wildman–Crippen LogP) is 2.59. The maximum atomic E-state index is 13.8. The Labute approximate surface area is 125 Å². The molecule has 8 heteroatoms. The number of carbonyl (C=O) groups excluding carboxylic acids is 1. The maximum absolute atomic E-state index is 13.8.